The minimum absolute atomic E-state index is 0.0342. The van der Waals surface area contributed by atoms with Crippen LogP contribution in [0.5, 0.6) is 0 Å². The molecular formula is C23H22F6N2O2. The number of carbonyl (C=O) groups excluding carboxylic acids is 1. The summed E-state index contributed by atoms with van der Waals surface area (Å²) in [5.74, 6) is -0.130. The molecule has 4 rings (SSSR count). The second kappa shape index (κ2) is 8.02. The molecule has 1 spiro atoms. The van der Waals surface area contributed by atoms with Crippen molar-refractivity contribution in [1.29, 1.82) is 0 Å². The maximum Gasteiger partial charge on any atom is 0.416 e. The summed E-state index contributed by atoms with van der Waals surface area (Å²) in [5.41, 5.74) is -3.43. The molecule has 1 aliphatic carbocycles. The molecule has 178 valence electrons. The zero-order chi connectivity index (χ0) is 24.1. The lowest BCUT2D eigenvalue weighted by atomic mass is 9.54. The number of alkyl halides is 6. The van der Waals surface area contributed by atoms with Crippen molar-refractivity contribution in [1.82, 2.24) is 10.6 Å². The topological polar surface area (TPSA) is 50.4 Å². The molecule has 33 heavy (non-hydrogen) atoms. The Hall–Kier alpha value is -2.59. The van der Waals surface area contributed by atoms with E-state index in [-0.39, 0.29) is 24.1 Å². The first-order valence-corrected chi connectivity index (χ1v) is 10.3. The number of ether oxygens (including phenoxy) is 1. The van der Waals surface area contributed by atoms with Crippen molar-refractivity contribution < 1.29 is 35.9 Å². The van der Waals surface area contributed by atoms with Crippen LogP contribution in [0.4, 0.5) is 26.3 Å². The Labute approximate surface area is 186 Å². The Morgan fingerprint density at radius 1 is 0.970 bits per heavy atom. The Kier molecular flexibility index (Phi) is 5.73. The number of hydrogen-bond donors (Lipinski definition) is 2. The van der Waals surface area contributed by atoms with Gasteiger partial charge in [0, 0.05) is 5.41 Å². The van der Waals surface area contributed by atoms with Crippen LogP contribution in [-0.4, -0.2) is 24.7 Å². The lowest BCUT2D eigenvalue weighted by Gasteiger charge is -2.53. The molecule has 0 bridgehead atoms. The molecule has 1 saturated carbocycles. The highest BCUT2D eigenvalue weighted by Crippen LogP contribution is 2.52. The molecule has 1 saturated heterocycles. The van der Waals surface area contributed by atoms with Crippen LogP contribution >= 0.6 is 0 Å². The normalized spacial score (nSPS) is 26.2. The van der Waals surface area contributed by atoms with Crippen LogP contribution in [0, 0.1) is 0 Å². The average molecular weight is 472 g/mol. The van der Waals surface area contributed by atoms with E-state index >= 15 is 0 Å². The Morgan fingerprint density at radius 3 is 2.03 bits per heavy atom. The zero-order valence-corrected chi connectivity index (χ0v) is 17.6. The maximum atomic E-state index is 13.2. The van der Waals surface area contributed by atoms with E-state index in [9.17, 15) is 31.1 Å². The summed E-state index contributed by atoms with van der Waals surface area (Å²) in [7, 11) is 0. The first-order valence-electron chi connectivity index (χ1n) is 10.3. The van der Waals surface area contributed by atoms with E-state index in [4.69, 9.17) is 4.74 Å². The zero-order valence-electron chi connectivity index (χ0n) is 17.6. The molecule has 1 amide bonds. The van der Waals surface area contributed by atoms with E-state index < -0.39 is 40.5 Å². The molecule has 2 aromatic carbocycles. The fraction of sp³-hybridized carbons (Fsp3) is 0.435. The van der Waals surface area contributed by atoms with Gasteiger partial charge in [-0.15, -0.1) is 0 Å². The highest BCUT2D eigenvalue weighted by molar-refractivity contribution is 5.90. The lowest BCUT2D eigenvalue weighted by Crippen LogP contribution is -2.65. The molecular weight excluding hydrogens is 450 g/mol. The van der Waals surface area contributed by atoms with E-state index in [0.29, 0.717) is 31.6 Å². The van der Waals surface area contributed by atoms with Crippen molar-refractivity contribution >= 4 is 5.91 Å². The van der Waals surface area contributed by atoms with Crippen molar-refractivity contribution in [3.8, 4) is 0 Å². The molecule has 2 fully saturated rings. The molecule has 1 atom stereocenters. The van der Waals surface area contributed by atoms with Crippen LogP contribution in [0.2, 0.25) is 0 Å². The monoisotopic (exact) mass is 472 g/mol. The second-order valence-electron chi connectivity index (χ2n) is 8.73. The molecule has 0 radical (unpaired) electrons. The molecule has 10 heteroatoms. The van der Waals surface area contributed by atoms with Gasteiger partial charge in [0.2, 0.25) is 5.91 Å². The highest BCUT2D eigenvalue weighted by Gasteiger charge is 2.61. The number of benzene rings is 2. The van der Waals surface area contributed by atoms with Crippen molar-refractivity contribution in [3.63, 3.8) is 0 Å². The quantitative estimate of drug-likeness (QED) is 0.606. The van der Waals surface area contributed by atoms with Gasteiger partial charge in [-0.05, 0) is 49.1 Å². The molecule has 0 unspecified atom stereocenters. The van der Waals surface area contributed by atoms with E-state index in [1.54, 1.807) is 0 Å². The van der Waals surface area contributed by atoms with Crippen LogP contribution in [-0.2, 0) is 27.3 Å². The number of hydrogen-bond acceptors (Lipinski definition) is 3. The van der Waals surface area contributed by atoms with Crippen molar-refractivity contribution in [2.75, 3.05) is 13.3 Å². The number of nitrogens with one attached hydrogen (secondary N) is 2. The standard InChI is InChI=1S/C23H22F6N2O2/c1-14(15-7-17(22(24,25)26)9-18(8-15)23(27,28)29)33-12-20(16-5-3-2-4-6-16)10-21(11-20)19(32)30-13-31-21/h2-9,14,31H,10-13H2,1H3,(H,30,32)/t14-,20-,21+/m1/s1. The number of carbonyl (C=O) groups is 1. The number of halogens is 6. The Bertz CT molecular complexity index is 997. The maximum absolute atomic E-state index is 13.2. The van der Waals surface area contributed by atoms with E-state index in [2.05, 4.69) is 10.6 Å². The predicted octanol–water partition coefficient (Wildman–Crippen LogP) is 4.95. The van der Waals surface area contributed by atoms with Crippen LogP contribution in [0.25, 0.3) is 0 Å². The lowest BCUT2D eigenvalue weighted by molar-refractivity contribution is -0.143. The van der Waals surface area contributed by atoms with Gasteiger partial charge in [-0.25, -0.2) is 0 Å². The Balaban J connectivity index is 1.59. The molecule has 1 heterocycles. The smallest absolute Gasteiger partial charge is 0.373 e. The third-order valence-corrected chi connectivity index (χ3v) is 6.47. The number of amides is 1. The summed E-state index contributed by atoms with van der Waals surface area (Å²) in [4.78, 5) is 12.3. The first kappa shape index (κ1) is 23.6. The summed E-state index contributed by atoms with van der Waals surface area (Å²) >= 11 is 0. The van der Waals surface area contributed by atoms with E-state index in [1.807, 2.05) is 30.3 Å². The molecule has 4 nitrogen and oxygen atoms in total. The van der Waals surface area contributed by atoms with Gasteiger partial charge in [0.25, 0.3) is 0 Å². The molecule has 0 aromatic heterocycles. The molecule has 2 aromatic rings. The second-order valence-corrected chi connectivity index (χ2v) is 8.73. The van der Waals surface area contributed by atoms with Gasteiger partial charge >= 0.3 is 12.4 Å². The molecule has 2 N–H and O–H groups in total. The van der Waals surface area contributed by atoms with Gasteiger partial charge in [-0.3, -0.25) is 10.1 Å². The minimum Gasteiger partial charge on any atom is -0.373 e. The van der Waals surface area contributed by atoms with Crippen molar-refractivity contribution in [3.05, 3.63) is 70.8 Å². The third kappa shape index (κ3) is 4.46. The van der Waals surface area contributed by atoms with E-state index in [1.165, 1.54) is 6.92 Å². The fourth-order valence-electron chi connectivity index (χ4n) is 4.71. The number of rotatable bonds is 5. The summed E-state index contributed by atoms with van der Waals surface area (Å²) in [6, 6.07) is 10.7. The van der Waals surface area contributed by atoms with Crippen LogP contribution in [0.1, 0.15) is 48.1 Å². The van der Waals surface area contributed by atoms with Crippen LogP contribution < -0.4 is 10.6 Å². The summed E-state index contributed by atoms with van der Waals surface area (Å²) in [6.07, 6.45) is -10.1. The average Bonchev–Trinajstić information content (AvgIpc) is 3.11. The highest BCUT2D eigenvalue weighted by atomic mass is 19.4. The third-order valence-electron chi connectivity index (χ3n) is 6.47. The van der Waals surface area contributed by atoms with Gasteiger partial charge in [0.05, 0.1) is 30.5 Å². The van der Waals surface area contributed by atoms with Gasteiger partial charge in [-0.1, -0.05) is 30.3 Å². The van der Waals surface area contributed by atoms with Gasteiger partial charge in [-0.2, -0.15) is 26.3 Å². The fourth-order valence-corrected chi connectivity index (χ4v) is 4.71. The van der Waals surface area contributed by atoms with Gasteiger partial charge in [0.1, 0.15) is 5.54 Å². The van der Waals surface area contributed by atoms with E-state index in [0.717, 1.165) is 5.56 Å². The first-order chi connectivity index (χ1) is 15.3. The molecule has 2 aliphatic rings. The SMILES string of the molecule is C[C@@H](OC[C@]1(c2ccccc2)C[C@]2(C1)NCNC2=O)c1cc(C(F)(F)F)cc(C(F)(F)F)c1. The Morgan fingerprint density at radius 2 is 1.55 bits per heavy atom. The summed E-state index contributed by atoms with van der Waals surface area (Å²) in [5, 5.41) is 5.87. The van der Waals surface area contributed by atoms with Gasteiger partial charge < -0.3 is 10.1 Å². The van der Waals surface area contributed by atoms with Crippen molar-refractivity contribution in [2.24, 2.45) is 0 Å². The van der Waals surface area contributed by atoms with Gasteiger partial charge in [0.15, 0.2) is 0 Å². The summed E-state index contributed by atoms with van der Waals surface area (Å²) in [6.45, 7) is 1.79. The predicted molar refractivity (Wildman–Crippen MR) is 107 cm³/mol. The minimum atomic E-state index is -4.93. The van der Waals surface area contributed by atoms with Crippen LogP contribution in [0.3, 0.4) is 0 Å². The van der Waals surface area contributed by atoms with Crippen LogP contribution in [0.15, 0.2) is 48.5 Å². The summed E-state index contributed by atoms with van der Waals surface area (Å²) < 4.78 is 85.1. The van der Waals surface area contributed by atoms with Crippen molar-refractivity contribution in [2.45, 2.75) is 49.2 Å². The molecule has 1 aliphatic heterocycles. The largest absolute Gasteiger partial charge is 0.416 e.